The number of hydrogen-bond donors (Lipinski definition) is 1. The van der Waals surface area contributed by atoms with Crippen LogP contribution in [0.2, 0.25) is 15.1 Å². The highest BCUT2D eigenvalue weighted by molar-refractivity contribution is 6.42. The largest absolute Gasteiger partial charge is 0.324 e. The van der Waals surface area contributed by atoms with Gasteiger partial charge < -0.3 is 5.73 Å². The summed E-state index contributed by atoms with van der Waals surface area (Å²) in [4.78, 5) is 0. The Bertz CT molecular complexity index is 601. The van der Waals surface area contributed by atoms with Crippen LogP contribution in [0.3, 0.4) is 0 Å². The molecule has 0 saturated heterocycles. The lowest BCUT2D eigenvalue weighted by Gasteiger charge is -2.14. The molecule has 0 aliphatic carbocycles. The minimum atomic E-state index is -0.455. The van der Waals surface area contributed by atoms with Crippen molar-refractivity contribution in [2.75, 3.05) is 0 Å². The molecule has 0 aliphatic heterocycles. The molecule has 2 aromatic carbocycles. The van der Waals surface area contributed by atoms with Crippen LogP contribution in [0.25, 0.3) is 0 Å². The second-order valence-electron chi connectivity index (χ2n) is 4.20. The molecular weight excluding hydrogens is 308 g/mol. The Morgan fingerprint density at radius 1 is 1.05 bits per heavy atom. The van der Waals surface area contributed by atoms with Gasteiger partial charge in [0.05, 0.1) is 15.1 Å². The van der Waals surface area contributed by atoms with Crippen molar-refractivity contribution in [3.63, 3.8) is 0 Å². The fourth-order valence-corrected chi connectivity index (χ4v) is 2.40. The van der Waals surface area contributed by atoms with Crippen LogP contribution >= 0.6 is 34.8 Å². The van der Waals surface area contributed by atoms with Crippen molar-refractivity contribution in [2.24, 2.45) is 5.73 Å². The average molecular weight is 319 g/mol. The molecule has 1 atom stereocenters. The zero-order chi connectivity index (χ0) is 14.0. The third kappa shape index (κ3) is 3.40. The van der Waals surface area contributed by atoms with Crippen molar-refractivity contribution in [2.45, 2.75) is 12.5 Å². The van der Waals surface area contributed by atoms with E-state index >= 15 is 0 Å². The Labute approximate surface area is 126 Å². The summed E-state index contributed by atoms with van der Waals surface area (Å²) in [7, 11) is 0. The zero-order valence-corrected chi connectivity index (χ0v) is 12.1. The summed E-state index contributed by atoms with van der Waals surface area (Å²) in [5.74, 6) is -0.455. The van der Waals surface area contributed by atoms with Crippen molar-refractivity contribution in [3.05, 3.63) is 68.4 Å². The fraction of sp³-hybridized carbons (Fsp3) is 0.143. The van der Waals surface area contributed by atoms with Gasteiger partial charge in [-0.3, -0.25) is 0 Å². The molecular formula is C14H11Cl3FN. The van der Waals surface area contributed by atoms with Gasteiger partial charge in [0.1, 0.15) is 5.82 Å². The summed E-state index contributed by atoms with van der Waals surface area (Å²) in [5.41, 5.74) is 7.58. The molecule has 2 N–H and O–H groups in total. The zero-order valence-electron chi connectivity index (χ0n) is 9.84. The molecule has 2 aromatic rings. The molecule has 0 heterocycles. The van der Waals surface area contributed by atoms with Crippen LogP contribution in [0.1, 0.15) is 17.2 Å². The molecule has 0 aromatic heterocycles. The fourth-order valence-electron chi connectivity index (χ4n) is 1.84. The van der Waals surface area contributed by atoms with E-state index in [1.54, 1.807) is 18.2 Å². The van der Waals surface area contributed by atoms with Gasteiger partial charge in [-0.2, -0.15) is 0 Å². The van der Waals surface area contributed by atoms with Gasteiger partial charge in [-0.05, 0) is 35.7 Å². The molecule has 0 amide bonds. The molecule has 5 heteroatoms. The number of hydrogen-bond acceptors (Lipinski definition) is 1. The van der Waals surface area contributed by atoms with Crippen LogP contribution in [-0.2, 0) is 6.42 Å². The summed E-state index contributed by atoms with van der Waals surface area (Å²) in [6.07, 6.45) is 0.453. The van der Waals surface area contributed by atoms with Gasteiger partial charge in [-0.25, -0.2) is 4.39 Å². The van der Waals surface area contributed by atoms with Crippen molar-refractivity contribution in [1.82, 2.24) is 0 Å². The Hall–Kier alpha value is -0.800. The van der Waals surface area contributed by atoms with Crippen LogP contribution in [0.5, 0.6) is 0 Å². The van der Waals surface area contributed by atoms with Gasteiger partial charge in [0.15, 0.2) is 0 Å². The van der Waals surface area contributed by atoms with Crippen LogP contribution in [-0.4, -0.2) is 0 Å². The van der Waals surface area contributed by atoms with Gasteiger partial charge in [0, 0.05) is 6.04 Å². The molecule has 1 nitrogen and oxygen atoms in total. The topological polar surface area (TPSA) is 26.0 Å². The van der Waals surface area contributed by atoms with E-state index in [1.807, 2.05) is 6.07 Å². The maximum absolute atomic E-state index is 13.4. The molecule has 0 radical (unpaired) electrons. The summed E-state index contributed by atoms with van der Waals surface area (Å²) in [5, 5.41) is 0.987. The molecule has 0 bridgehead atoms. The summed E-state index contributed by atoms with van der Waals surface area (Å²) in [6, 6.07) is 9.56. The minimum absolute atomic E-state index is 0.0955. The monoisotopic (exact) mass is 317 g/mol. The second kappa shape index (κ2) is 6.10. The van der Waals surface area contributed by atoms with Crippen LogP contribution in [0.15, 0.2) is 36.4 Å². The summed E-state index contributed by atoms with van der Waals surface area (Å²) >= 11 is 17.7. The normalized spacial score (nSPS) is 12.5. The third-order valence-electron chi connectivity index (χ3n) is 2.82. The molecule has 0 fully saturated rings. The standard InChI is InChI=1S/C14H11Cl3FN/c15-10-5-4-8(6-12(10)18)7-13(19)9-2-1-3-11(16)14(9)17/h1-6,13H,7,19H2. The van der Waals surface area contributed by atoms with Crippen molar-refractivity contribution < 1.29 is 4.39 Å². The quantitative estimate of drug-likeness (QED) is 0.844. The van der Waals surface area contributed by atoms with Gasteiger partial charge in [-0.15, -0.1) is 0 Å². The number of benzene rings is 2. The van der Waals surface area contributed by atoms with Gasteiger partial charge in [0.2, 0.25) is 0 Å². The molecule has 0 aliphatic rings. The van der Waals surface area contributed by atoms with Crippen molar-refractivity contribution >= 4 is 34.8 Å². The van der Waals surface area contributed by atoms with Crippen LogP contribution in [0, 0.1) is 5.82 Å². The molecule has 0 saturated carbocycles. The first-order chi connectivity index (χ1) is 8.99. The second-order valence-corrected chi connectivity index (χ2v) is 5.39. The maximum Gasteiger partial charge on any atom is 0.142 e. The number of rotatable bonds is 3. The Morgan fingerprint density at radius 3 is 2.47 bits per heavy atom. The first kappa shape index (κ1) is 14.6. The first-order valence-electron chi connectivity index (χ1n) is 5.62. The maximum atomic E-state index is 13.4. The van der Waals surface area contributed by atoms with E-state index in [4.69, 9.17) is 40.5 Å². The van der Waals surface area contributed by atoms with E-state index in [0.717, 1.165) is 11.1 Å². The van der Waals surface area contributed by atoms with E-state index in [9.17, 15) is 4.39 Å². The smallest absolute Gasteiger partial charge is 0.142 e. The van der Waals surface area contributed by atoms with Crippen molar-refractivity contribution in [1.29, 1.82) is 0 Å². The van der Waals surface area contributed by atoms with E-state index in [-0.39, 0.29) is 11.1 Å². The summed E-state index contributed by atoms with van der Waals surface area (Å²) in [6.45, 7) is 0. The van der Waals surface area contributed by atoms with E-state index in [1.165, 1.54) is 12.1 Å². The Balaban J connectivity index is 2.23. The van der Waals surface area contributed by atoms with Gasteiger partial charge >= 0.3 is 0 Å². The average Bonchev–Trinajstić information content (AvgIpc) is 2.37. The van der Waals surface area contributed by atoms with E-state index in [0.29, 0.717) is 16.5 Å². The van der Waals surface area contributed by atoms with Gasteiger partial charge in [0.25, 0.3) is 0 Å². The molecule has 100 valence electrons. The highest BCUT2D eigenvalue weighted by Crippen LogP contribution is 2.30. The van der Waals surface area contributed by atoms with Gasteiger partial charge in [-0.1, -0.05) is 53.0 Å². The van der Waals surface area contributed by atoms with Crippen LogP contribution in [0.4, 0.5) is 4.39 Å². The lowest BCUT2D eigenvalue weighted by molar-refractivity contribution is 0.622. The van der Waals surface area contributed by atoms with E-state index < -0.39 is 5.82 Å². The lowest BCUT2D eigenvalue weighted by Crippen LogP contribution is -2.14. The first-order valence-corrected chi connectivity index (χ1v) is 6.76. The minimum Gasteiger partial charge on any atom is -0.324 e. The highest BCUT2D eigenvalue weighted by Gasteiger charge is 2.13. The molecule has 0 spiro atoms. The third-order valence-corrected chi connectivity index (χ3v) is 3.96. The number of nitrogens with two attached hydrogens (primary N) is 1. The summed E-state index contributed by atoms with van der Waals surface area (Å²) < 4.78 is 13.4. The van der Waals surface area contributed by atoms with E-state index in [2.05, 4.69) is 0 Å². The predicted octanol–water partition coefficient (Wildman–Crippen LogP) is 5.03. The SMILES string of the molecule is NC(Cc1ccc(Cl)c(F)c1)c1cccc(Cl)c1Cl. The van der Waals surface area contributed by atoms with Crippen molar-refractivity contribution in [3.8, 4) is 0 Å². The molecule has 2 rings (SSSR count). The van der Waals surface area contributed by atoms with Crippen LogP contribution < -0.4 is 5.73 Å². The number of halogens is 4. The highest BCUT2D eigenvalue weighted by atomic mass is 35.5. The Morgan fingerprint density at radius 2 is 1.79 bits per heavy atom. The Kier molecular flexibility index (Phi) is 4.69. The lowest BCUT2D eigenvalue weighted by atomic mass is 9.99. The molecule has 19 heavy (non-hydrogen) atoms. The predicted molar refractivity (Wildman–Crippen MR) is 78.5 cm³/mol. The molecule has 1 unspecified atom stereocenters.